The van der Waals surface area contributed by atoms with E-state index < -0.39 is 0 Å². The molecule has 0 spiro atoms. The van der Waals surface area contributed by atoms with Crippen molar-refractivity contribution in [1.82, 2.24) is 15.2 Å². The van der Waals surface area contributed by atoms with E-state index in [-0.39, 0.29) is 0 Å². The number of aromatic nitrogens is 3. The van der Waals surface area contributed by atoms with E-state index in [9.17, 15) is 0 Å². The van der Waals surface area contributed by atoms with Crippen LogP contribution in [0.3, 0.4) is 0 Å². The number of aryl methyl sites for hydroxylation is 1. The lowest BCUT2D eigenvalue weighted by molar-refractivity contribution is 0.548. The predicted octanol–water partition coefficient (Wildman–Crippen LogP) is 4.24. The summed E-state index contributed by atoms with van der Waals surface area (Å²) < 4.78 is 0. The van der Waals surface area contributed by atoms with Crippen molar-refractivity contribution < 1.29 is 0 Å². The zero-order chi connectivity index (χ0) is 13.8. The second-order valence-electron chi connectivity index (χ2n) is 5.43. The van der Waals surface area contributed by atoms with E-state index in [2.05, 4.69) is 22.1 Å². The first-order valence-corrected chi connectivity index (χ1v) is 7.99. The normalized spacial score (nSPS) is 11.0. The molecule has 0 aliphatic carbocycles. The van der Waals surface area contributed by atoms with Crippen LogP contribution >= 0.6 is 0 Å². The van der Waals surface area contributed by atoms with Gasteiger partial charge in [-0.2, -0.15) is 4.98 Å². The van der Waals surface area contributed by atoms with Gasteiger partial charge in [-0.05, 0) is 6.42 Å². The van der Waals surface area contributed by atoms with Crippen LogP contribution in [-0.2, 0) is 6.42 Å². The topological polar surface area (TPSA) is 67.6 Å². The highest BCUT2D eigenvalue weighted by atomic mass is 15.3. The van der Waals surface area contributed by atoms with Gasteiger partial charge in [0.1, 0.15) is 5.82 Å². The SMILES string of the molecule is CCCCCCCCCCCCCc1nc(N)n[nH]1. The average molecular weight is 266 g/mol. The summed E-state index contributed by atoms with van der Waals surface area (Å²) in [6.07, 6.45) is 16.0. The molecule has 0 fully saturated rings. The molecule has 0 saturated carbocycles. The van der Waals surface area contributed by atoms with Gasteiger partial charge in [0.25, 0.3) is 0 Å². The van der Waals surface area contributed by atoms with Gasteiger partial charge in [0, 0.05) is 6.42 Å². The third-order valence-corrected chi connectivity index (χ3v) is 3.57. The largest absolute Gasteiger partial charge is 0.367 e. The van der Waals surface area contributed by atoms with E-state index in [1.807, 2.05) is 0 Å². The zero-order valence-electron chi connectivity index (χ0n) is 12.5. The number of nitrogens with zero attached hydrogens (tertiary/aromatic N) is 2. The molecule has 0 atom stereocenters. The number of nitrogens with one attached hydrogen (secondary N) is 1. The molecule has 0 aliphatic heterocycles. The molecule has 1 rings (SSSR count). The van der Waals surface area contributed by atoms with E-state index in [4.69, 9.17) is 5.73 Å². The van der Waals surface area contributed by atoms with Crippen molar-refractivity contribution >= 4 is 5.95 Å². The van der Waals surface area contributed by atoms with E-state index in [1.54, 1.807) is 0 Å². The van der Waals surface area contributed by atoms with Crippen molar-refractivity contribution in [1.29, 1.82) is 0 Å². The van der Waals surface area contributed by atoms with Crippen LogP contribution < -0.4 is 5.73 Å². The maximum absolute atomic E-state index is 5.45. The first-order chi connectivity index (χ1) is 9.33. The molecular weight excluding hydrogens is 236 g/mol. The van der Waals surface area contributed by atoms with Crippen molar-refractivity contribution in [2.75, 3.05) is 5.73 Å². The van der Waals surface area contributed by atoms with Crippen molar-refractivity contribution in [2.24, 2.45) is 0 Å². The Kier molecular flexibility index (Phi) is 9.11. The lowest BCUT2D eigenvalue weighted by Crippen LogP contribution is -1.90. The second-order valence-corrected chi connectivity index (χ2v) is 5.43. The first kappa shape index (κ1) is 16.0. The number of hydrogen-bond donors (Lipinski definition) is 2. The number of hydrogen-bond acceptors (Lipinski definition) is 3. The zero-order valence-corrected chi connectivity index (χ0v) is 12.5. The summed E-state index contributed by atoms with van der Waals surface area (Å²) in [7, 11) is 0. The van der Waals surface area contributed by atoms with Crippen molar-refractivity contribution in [2.45, 2.75) is 84.0 Å². The summed E-state index contributed by atoms with van der Waals surface area (Å²) >= 11 is 0. The van der Waals surface area contributed by atoms with Gasteiger partial charge in [-0.15, -0.1) is 5.10 Å². The Morgan fingerprint density at radius 3 is 1.84 bits per heavy atom. The van der Waals surface area contributed by atoms with Crippen LogP contribution in [0.2, 0.25) is 0 Å². The van der Waals surface area contributed by atoms with Gasteiger partial charge < -0.3 is 5.73 Å². The highest BCUT2D eigenvalue weighted by molar-refractivity contribution is 5.12. The Balaban J connectivity index is 1.79. The van der Waals surface area contributed by atoms with Crippen molar-refractivity contribution in [3.8, 4) is 0 Å². The second kappa shape index (κ2) is 10.8. The van der Waals surface area contributed by atoms with Crippen molar-refractivity contribution in [3.63, 3.8) is 0 Å². The minimum atomic E-state index is 0.359. The van der Waals surface area contributed by atoms with Crippen LogP contribution in [0.15, 0.2) is 0 Å². The fourth-order valence-electron chi connectivity index (χ4n) is 2.38. The molecule has 3 N–H and O–H groups in total. The number of aromatic amines is 1. The van der Waals surface area contributed by atoms with Crippen LogP contribution in [-0.4, -0.2) is 15.2 Å². The van der Waals surface area contributed by atoms with Gasteiger partial charge in [-0.25, -0.2) is 0 Å². The Labute approximate surface area is 117 Å². The molecule has 1 heterocycles. The highest BCUT2D eigenvalue weighted by Gasteiger charge is 1.99. The molecule has 0 radical (unpaired) electrons. The number of H-pyrrole nitrogens is 1. The lowest BCUT2D eigenvalue weighted by Gasteiger charge is -2.02. The smallest absolute Gasteiger partial charge is 0.239 e. The molecule has 110 valence electrons. The van der Waals surface area contributed by atoms with Crippen LogP contribution in [0.4, 0.5) is 5.95 Å². The maximum Gasteiger partial charge on any atom is 0.239 e. The van der Waals surface area contributed by atoms with Gasteiger partial charge in [0.05, 0.1) is 0 Å². The number of unbranched alkanes of at least 4 members (excludes halogenated alkanes) is 10. The van der Waals surface area contributed by atoms with Crippen molar-refractivity contribution in [3.05, 3.63) is 5.82 Å². The quantitative estimate of drug-likeness (QED) is 0.556. The van der Waals surface area contributed by atoms with Crippen LogP contribution in [0.5, 0.6) is 0 Å². The fourth-order valence-corrected chi connectivity index (χ4v) is 2.38. The molecule has 0 saturated heterocycles. The average Bonchev–Trinajstić information content (AvgIpc) is 2.82. The number of nitrogens with two attached hydrogens (primary N) is 1. The Bertz CT molecular complexity index is 309. The van der Waals surface area contributed by atoms with E-state index in [0.29, 0.717) is 5.95 Å². The molecule has 19 heavy (non-hydrogen) atoms. The molecule has 0 unspecified atom stereocenters. The van der Waals surface area contributed by atoms with Gasteiger partial charge in [0.15, 0.2) is 0 Å². The minimum absolute atomic E-state index is 0.359. The maximum atomic E-state index is 5.45. The predicted molar refractivity (Wildman–Crippen MR) is 81.0 cm³/mol. The van der Waals surface area contributed by atoms with Gasteiger partial charge in [0.2, 0.25) is 5.95 Å². The standard InChI is InChI=1S/C15H30N4/c1-2-3-4-5-6-7-8-9-10-11-12-13-14-17-15(16)19-18-14/h2-13H2,1H3,(H3,16,17,18,19). The van der Waals surface area contributed by atoms with Gasteiger partial charge in [-0.1, -0.05) is 71.1 Å². The summed E-state index contributed by atoms with van der Waals surface area (Å²) in [6.45, 7) is 2.27. The summed E-state index contributed by atoms with van der Waals surface area (Å²) in [5.74, 6) is 1.28. The third-order valence-electron chi connectivity index (χ3n) is 3.57. The number of nitrogen functional groups attached to an aromatic ring is 1. The van der Waals surface area contributed by atoms with E-state index >= 15 is 0 Å². The molecule has 0 aromatic carbocycles. The highest BCUT2D eigenvalue weighted by Crippen LogP contribution is 2.12. The van der Waals surface area contributed by atoms with Crippen LogP contribution in [0.25, 0.3) is 0 Å². The molecule has 4 heteroatoms. The molecule has 0 bridgehead atoms. The van der Waals surface area contributed by atoms with Gasteiger partial charge in [-0.3, -0.25) is 5.10 Å². The minimum Gasteiger partial charge on any atom is -0.367 e. The van der Waals surface area contributed by atoms with Crippen LogP contribution in [0.1, 0.15) is 83.4 Å². The molecule has 1 aromatic rings. The number of rotatable bonds is 12. The summed E-state index contributed by atoms with van der Waals surface area (Å²) in [5.41, 5.74) is 5.45. The number of anilines is 1. The molecule has 4 nitrogen and oxygen atoms in total. The van der Waals surface area contributed by atoms with E-state index in [1.165, 1.54) is 70.6 Å². The summed E-state index contributed by atoms with van der Waals surface area (Å²) in [4.78, 5) is 4.10. The fraction of sp³-hybridized carbons (Fsp3) is 0.867. The molecule has 0 amide bonds. The Hall–Kier alpha value is -1.06. The molecule has 0 aliphatic rings. The molecular formula is C15H30N4. The molecule has 1 aromatic heterocycles. The van der Waals surface area contributed by atoms with Crippen LogP contribution in [0, 0.1) is 0 Å². The van der Waals surface area contributed by atoms with E-state index in [0.717, 1.165) is 12.2 Å². The Morgan fingerprint density at radius 1 is 0.842 bits per heavy atom. The lowest BCUT2D eigenvalue weighted by atomic mass is 10.1. The third kappa shape index (κ3) is 8.62. The summed E-state index contributed by atoms with van der Waals surface area (Å²) in [5, 5.41) is 6.68. The monoisotopic (exact) mass is 266 g/mol. The first-order valence-electron chi connectivity index (χ1n) is 7.99. The summed E-state index contributed by atoms with van der Waals surface area (Å²) in [6, 6.07) is 0. The van der Waals surface area contributed by atoms with Gasteiger partial charge >= 0.3 is 0 Å². The Morgan fingerprint density at radius 2 is 1.37 bits per heavy atom.